The Bertz CT molecular complexity index is 1800. The quantitative estimate of drug-likeness (QED) is 0.141. The van der Waals surface area contributed by atoms with Gasteiger partial charge in [-0.05, 0) is 90.5 Å². The molecule has 2 aromatic heterocycles. The van der Waals surface area contributed by atoms with Crippen LogP contribution in [0, 0.1) is 11.8 Å². The molecule has 0 spiro atoms. The van der Waals surface area contributed by atoms with Crippen LogP contribution in [0.25, 0.3) is 21.8 Å². The molecule has 0 unspecified atom stereocenters. The van der Waals surface area contributed by atoms with Crippen LogP contribution in [0.5, 0.6) is 0 Å². The van der Waals surface area contributed by atoms with E-state index in [4.69, 9.17) is 10.2 Å². The van der Waals surface area contributed by atoms with Crippen molar-refractivity contribution in [3.05, 3.63) is 83.7 Å². The highest BCUT2D eigenvalue weighted by Gasteiger charge is 2.41. The summed E-state index contributed by atoms with van der Waals surface area (Å²) in [5.74, 6) is 3.03. The van der Waals surface area contributed by atoms with Crippen molar-refractivity contribution in [2.45, 2.75) is 49.6 Å². The fraction of sp³-hybridized carbons (Fsp3) is 0.474. The Morgan fingerprint density at radius 3 is 1.90 bits per heavy atom. The molecule has 0 saturated carbocycles. The molecule has 4 aliphatic rings. The number of hydrogen-bond donors (Lipinski definition) is 4. The zero-order chi connectivity index (χ0) is 33.4. The highest BCUT2D eigenvalue weighted by molar-refractivity contribution is 8.00. The molecule has 48 heavy (non-hydrogen) atoms. The summed E-state index contributed by atoms with van der Waals surface area (Å²) in [5.41, 5.74) is 8.31. The van der Waals surface area contributed by atoms with Crippen LogP contribution in [0.3, 0.4) is 0 Å². The van der Waals surface area contributed by atoms with E-state index in [1.165, 1.54) is 50.5 Å². The number of nitrogens with zero attached hydrogens (tertiary/aromatic N) is 2. The summed E-state index contributed by atoms with van der Waals surface area (Å²) in [4.78, 5) is 33.4. The molecule has 6 atom stereocenters. The number of carbonyl (C=O) groups is 2. The summed E-state index contributed by atoms with van der Waals surface area (Å²) < 4.78 is 0. The highest BCUT2D eigenvalue weighted by atomic mass is 32.2. The van der Waals surface area contributed by atoms with Crippen molar-refractivity contribution in [2.24, 2.45) is 11.8 Å². The molecule has 4 heterocycles. The first-order valence-electron chi connectivity index (χ1n) is 17.1. The molecular weight excluding hydrogens is 641 g/mol. The molecule has 2 saturated heterocycles. The van der Waals surface area contributed by atoms with Crippen LogP contribution in [-0.4, -0.2) is 104 Å². The predicted octanol–water partition coefficient (Wildman–Crippen LogP) is 6.45. The second-order valence-electron chi connectivity index (χ2n) is 14.1. The number of nitrogens with one attached hydrogen (secondary N) is 2. The second kappa shape index (κ2) is 14.4. The number of aromatic nitrogens is 2. The Labute approximate surface area is 290 Å². The molecule has 2 aliphatic carbocycles. The fourth-order valence-electron chi connectivity index (χ4n) is 9.20. The van der Waals surface area contributed by atoms with Crippen LogP contribution in [-0.2, 0) is 22.4 Å². The van der Waals surface area contributed by atoms with Crippen molar-refractivity contribution in [3.63, 3.8) is 0 Å². The Morgan fingerprint density at radius 2 is 1.35 bits per heavy atom. The maximum atomic E-state index is 10.8. The minimum absolute atomic E-state index is 0.198. The molecule has 2 fully saturated rings. The normalized spacial score (nSPS) is 26.4. The van der Waals surface area contributed by atoms with Crippen LogP contribution in [0.4, 0.5) is 0 Å². The number of aliphatic carboxylic acids is 2. The molecular formula is C38H46N4O4S2. The predicted molar refractivity (Wildman–Crippen MR) is 198 cm³/mol. The van der Waals surface area contributed by atoms with Gasteiger partial charge < -0.3 is 25.1 Å². The van der Waals surface area contributed by atoms with Gasteiger partial charge in [-0.15, -0.1) is 30.1 Å². The smallest absolute Gasteiger partial charge is 0.313 e. The highest BCUT2D eigenvalue weighted by Crippen LogP contribution is 2.46. The van der Waals surface area contributed by atoms with E-state index in [0.717, 1.165) is 50.4 Å². The van der Waals surface area contributed by atoms with Crippen molar-refractivity contribution in [1.82, 2.24) is 19.8 Å². The van der Waals surface area contributed by atoms with Gasteiger partial charge in [0.05, 0.1) is 11.5 Å². The number of hydrogen-bond acceptors (Lipinski definition) is 6. The second-order valence-corrected chi connectivity index (χ2v) is 16.2. The lowest BCUT2D eigenvalue weighted by Gasteiger charge is -2.47. The van der Waals surface area contributed by atoms with Crippen molar-refractivity contribution in [2.75, 3.05) is 49.7 Å². The first-order valence-corrected chi connectivity index (χ1v) is 19.4. The van der Waals surface area contributed by atoms with E-state index in [-0.39, 0.29) is 11.5 Å². The molecule has 8 rings (SSSR count). The zero-order valence-electron chi connectivity index (χ0n) is 27.6. The van der Waals surface area contributed by atoms with Gasteiger partial charge in [0.25, 0.3) is 0 Å². The number of likely N-dealkylation sites (N-methyl/N-ethyl adjacent to an activating group) is 1. The van der Waals surface area contributed by atoms with E-state index >= 15 is 0 Å². The summed E-state index contributed by atoms with van der Waals surface area (Å²) in [5, 5.41) is 20.6. The van der Waals surface area contributed by atoms with Gasteiger partial charge in [0.1, 0.15) is 0 Å². The minimum Gasteiger partial charge on any atom is -0.481 e. The largest absolute Gasteiger partial charge is 0.481 e. The molecule has 0 amide bonds. The topological polar surface area (TPSA) is 113 Å². The Hall–Kier alpha value is -3.18. The molecule has 4 aromatic rings. The van der Waals surface area contributed by atoms with E-state index in [2.05, 4.69) is 82.2 Å². The fourth-order valence-corrected chi connectivity index (χ4v) is 10.9. The van der Waals surface area contributed by atoms with E-state index in [1.807, 2.05) is 6.08 Å². The lowest BCUT2D eigenvalue weighted by atomic mass is 9.72. The molecule has 4 N–H and O–H groups in total. The summed E-state index contributed by atoms with van der Waals surface area (Å²) in [6.45, 7) is 6.96. The first-order chi connectivity index (χ1) is 23.3. The zero-order valence-corrected chi connectivity index (χ0v) is 29.2. The molecule has 0 radical (unpaired) electrons. The maximum absolute atomic E-state index is 10.8. The number of aromatic amines is 2. The summed E-state index contributed by atoms with van der Waals surface area (Å²) >= 11 is 3.11. The SMILES string of the molecule is C=CCN1C[C@H](CSCC(=O)O)C[C@@H]2c3cccc4[nH]cc(c34)C[C@H]21.CN1C[C@H](CSCC(=O)O)C[C@@H]2c3cccc4[nH]cc(c34)C[C@H]21. The number of carboxylic acids is 2. The molecule has 2 aromatic carbocycles. The van der Waals surface area contributed by atoms with Gasteiger partial charge in [-0.1, -0.05) is 30.3 Å². The van der Waals surface area contributed by atoms with E-state index < -0.39 is 11.9 Å². The lowest BCUT2D eigenvalue weighted by Crippen LogP contribution is -2.50. The Kier molecular flexibility index (Phi) is 9.96. The van der Waals surface area contributed by atoms with Crippen molar-refractivity contribution < 1.29 is 19.8 Å². The average Bonchev–Trinajstić information content (AvgIpc) is 3.68. The van der Waals surface area contributed by atoms with Gasteiger partial charge in [-0.25, -0.2) is 0 Å². The maximum Gasteiger partial charge on any atom is 0.313 e. The van der Waals surface area contributed by atoms with Crippen LogP contribution < -0.4 is 0 Å². The number of benzene rings is 2. The average molecular weight is 687 g/mol. The number of fused-ring (bicyclic) bond motifs is 4. The number of carboxylic acid groups (broad SMARTS) is 2. The number of rotatable bonds is 10. The third kappa shape index (κ3) is 6.69. The molecule has 2 aliphatic heterocycles. The molecule has 10 heteroatoms. The number of thioether (sulfide) groups is 2. The Morgan fingerprint density at radius 1 is 0.833 bits per heavy atom. The molecule has 0 bridgehead atoms. The molecule has 254 valence electrons. The molecule has 8 nitrogen and oxygen atoms in total. The minimum atomic E-state index is -0.721. The van der Waals surface area contributed by atoms with Gasteiger partial charge in [-0.3, -0.25) is 14.5 Å². The van der Waals surface area contributed by atoms with E-state index in [1.54, 1.807) is 23.5 Å². The van der Waals surface area contributed by atoms with Crippen LogP contribution in [0.2, 0.25) is 0 Å². The summed E-state index contributed by atoms with van der Waals surface area (Å²) in [7, 11) is 2.23. The van der Waals surface area contributed by atoms with E-state index in [0.29, 0.717) is 35.8 Å². The van der Waals surface area contributed by atoms with Gasteiger partial charge >= 0.3 is 11.9 Å². The Balaban J connectivity index is 0.000000152. The van der Waals surface area contributed by atoms with Crippen LogP contribution in [0.1, 0.15) is 46.9 Å². The summed E-state index contributed by atoms with van der Waals surface area (Å²) in [6, 6.07) is 14.3. The van der Waals surface area contributed by atoms with Crippen molar-refractivity contribution in [1.29, 1.82) is 0 Å². The third-order valence-corrected chi connectivity index (χ3v) is 13.3. The number of H-pyrrole nitrogens is 2. The monoisotopic (exact) mass is 686 g/mol. The van der Waals surface area contributed by atoms with Crippen molar-refractivity contribution in [3.8, 4) is 0 Å². The number of piperidine rings is 2. The first kappa shape index (κ1) is 33.3. The van der Waals surface area contributed by atoms with Gasteiger partial charge in [0, 0.05) is 77.8 Å². The van der Waals surface area contributed by atoms with Gasteiger partial charge in [0.2, 0.25) is 0 Å². The van der Waals surface area contributed by atoms with Crippen LogP contribution >= 0.6 is 23.5 Å². The van der Waals surface area contributed by atoms with Gasteiger partial charge in [0.15, 0.2) is 0 Å². The standard InChI is InChI=1S/C20H24N2O2S.C18H22N2O2S/c1-2-6-22-10-13(11-25-12-19(23)24)7-16-15-4-3-5-17-20(15)14(9-21-17)8-18(16)22;1-20-8-11(9-23-10-17(21)22)5-14-13-3-2-4-15-18(13)12(7-19-15)6-16(14)20/h2-5,9,13,16,18,21H,1,6-8,10-12H2,(H,23,24);2-4,7,11,14,16,19H,5-6,8-10H2,1H3,(H,21,22)/t13-,16-,18-;11-,14-,16-/m11/s1. The van der Waals surface area contributed by atoms with Crippen LogP contribution in [0.15, 0.2) is 61.4 Å². The lowest BCUT2D eigenvalue weighted by molar-refractivity contribution is -0.134. The summed E-state index contributed by atoms with van der Waals surface area (Å²) in [6.07, 6.45) is 10.9. The van der Waals surface area contributed by atoms with E-state index in [9.17, 15) is 9.59 Å². The van der Waals surface area contributed by atoms with Gasteiger partial charge in [-0.2, -0.15) is 0 Å². The number of likely N-dealkylation sites (tertiary alicyclic amines) is 2. The third-order valence-electron chi connectivity index (χ3n) is 11.0. The van der Waals surface area contributed by atoms with Crippen molar-refractivity contribution >= 4 is 57.3 Å².